The minimum atomic E-state index is 1.04. The predicted molar refractivity (Wildman–Crippen MR) is 386 cm³/mol. The monoisotopic (exact) mass is 1230 g/mol. The van der Waals surface area contributed by atoms with E-state index in [4.69, 9.17) is 0 Å². The number of hydrogen-bond acceptors (Lipinski definition) is 5. The number of nitrogens with one attached hydrogen (secondary N) is 5. The summed E-state index contributed by atoms with van der Waals surface area (Å²) in [5, 5.41) is 17.1. The number of fused-ring (bicyclic) bond motifs is 10. The third-order valence-corrected chi connectivity index (χ3v) is 28.2. The Morgan fingerprint density at radius 1 is 0.178 bits per heavy atom. The van der Waals surface area contributed by atoms with Crippen LogP contribution in [0, 0.1) is 94.7 Å². The first-order valence-electron chi connectivity index (χ1n) is 41.3. The van der Waals surface area contributed by atoms with E-state index in [0.29, 0.717) is 0 Å². The number of hydrogen-bond donors (Lipinski definition) is 5. The fourth-order valence-corrected chi connectivity index (χ4v) is 22.7. The van der Waals surface area contributed by atoms with Crippen LogP contribution in [0.3, 0.4) is 0 Å². The smallest absolute Gasteiger partial charge is 0.0211 e. The van der Waals surface area contributed by atoms with Crippen LogP contribution in [0.25, 0.3) is 0 Å². The maximum Gasteiger partial charge on any atom is 0.0211 e. The van der Waals surface area contributed by atoms with Gasteiger partial charge < -0.3 is 26.6 Å². The molecule has 0 radical (unpaired) electrons. The van der Waals surface area contributed by atoms with E-state index in [9.17, 15) is 0 Å². The molecule has 12 unspecified atom stereocenters. The Hall–Kier alpha value is -1.76. The zero-order valence-corrected chi connectivity index (χ0v) is 58.7. The van der Waals surface area contributed by atoms with Crippen molar-refractivity contribution in [3.05, 3.63) is 70.8 Å². The Labute approximate surface area is 556 Å². The van der Waals surface area contributed by atoms with Gasteiger partial charge in [-0.25, -0.2) is 0 Å². The quantitative estimate of drug-likeness (QED) is 0.182. The molecule has 4 saturated heterocycles. The average Bonchev–Trinajstić information content (AvgIpc) is 4.52. The summed E-state index contributed by atoms with van der Waals surface area (Å²) >= 11 is 0. The van der Waals surface area contributed by atoms with Gasteiger partial charge in [0, 0.05) is 13.1 Å². The highest BCUT2D eigenvalue weighted by molar-refractivity contribution is 5.31. The van der Waals surface area contributed by atoms with Crippen molar-refractivity contribution in [2.24, 2.45) is 94.7 Å². The Morgan fingerprint density at radius 2 is 0.378 bits per heavy atom. The molecule has 5 N–H and O–H groups in total. The van der Waals surface area contributed by atoms with Gasteiger partial charge in [0.05, 0.1) is 0 Å². The molecule has 5 heteroatoms. The van der Waals surface area contributed by atoms with Gasteiger partial charge >= 0.3 is 0 Å². The van der Waals surface area contributed by atoms with Crippen molar-refractivity contribution >= 4 is 0 Å². The van der Waals surface area contributed by atoms with Gasteiger partial charge in [0.25, 0.3) is 0 Å². The summed E-state index contributed by atoms with van der Waals surface area (Å²) < 4.78 is 0. The van der Waals surface area contributed by atoms with E-state index >= 15 is 0 Å². The largest absolute Gasteiger partial charge is 0.316 e. The van der Waals surface area contributed by atoms with E-state index in [2.05, 4.69) is 75.1 Å². The lowest BCUT2D eigenvalue weighted by Gasteiger charge is -2.35. The number of benzene rings is 2. The highest BCUT2D eigenvalue weighted by Gasteiger charge is 2.35. The van der Waals surface area contributed by atoms with Crippen LogP contribution < -0.4 is 26.6 Å². The summed E-state index contributed by atoms with van der Waals surface area (Å²) in [6.07, 6.45) is 71.2. The van der Waals surface area contributed by atoms with E-state index in [1.54, 1.807) is 114 Å². The SMILES string of the molecule is C1CC2CCCC2C1.C1CC2CCNCC2C1.C1CC2CNCC2C1.C1CCC2CCCC2C1.C1CCC2CCCC2C1.C1CCC2CCCCC2C1.C1CCC2CNCC2C1.C1CCC2CNCCC2C1.c1ccc2c(c1)CCC2.c1ccc2c(c1)CNC2. The fourth-order valence-electron chi connectivity index (χ4n) is 22.7. The van der Waals surface area contributed by atoms with Crippen LogP contribution in [0.2, 0.25) is 0 Å². The molecular weight excluding hydrogens is 1090 g/mol. The molecule has 12 atom stereocenters. The molecule has 2 aromatic rings. The minimum absolute atomic E-state index is 1.04. The third kappa shape index (κ3) is 22.1. The molecule has 20 rings (SSSR count). The Bertz CT molecular complexity index is 1830. The second-order valence-electron chi connectivity index (χ2n) is 33.8. The molecule has 0 bridgehead atoms. The normalized spacial score (nSPS) is 37.2. The van der Waals surface area contributed by atoms with Crippen molar-refractivity contribution in [2.75, 3.05) is 52.4 Å². The van der Waals surface area contributed by atoms with E-state index in [1.807, 2.05) is 0 Å². The fraction of sp³-hybridized carbons (Fsp3) is 0.859. The molecule has 12 saturated carbocycles. The molecule has 0 spiro atoms. The molecule has 18 aliphatic rings. The zero-order chi connectivity index (χ0) is 61.0. The number of rotatable bonds is 0. The molecule has 5 heterocycles. The summed E-state index contributed by atoms with van der Waals surface area (Å²) in [4.78, 5) is 0. The first-order chi connectivity index (χ1) is 44.7. The van der Waals surface area contributed by atoms with Crippen molar-refractivity contribution in [3.63, 3.8) is 0 Å². The van der Waals surface area contributed by atoms with E-state index in [0.717, 1.165) is 72.3 Å². The van der Waals surface area contributed by atoms with Crippen LogP contribution >= 0.6 is 0 Å². The second kappa shape index (κ2) is 39.5. The van der Waals surface area contributed by atoms with Crippen LogP contribution in [0.15, 0.2) is 48.5 Å². The molecule has 13 aliphatic carbocycles. The average molecular weight is 1240 g/mol. The van der Waals surface area contributed by atoms with E-state index < -0.39 is 0 Å². The van der Waals surface area contributed by atoms with Gasteiger partial charge in [-0.2, -0.15) is 0 Å². The van der Waals surface area contributed by atoms with Crippen LogP contribution in [0.4, 0.5) is 0 Å². The van der Waals surface area contributed by atoms with Crippen LogP contribution in [0.1, 0.15) is 311 Å². The molecule has 2 aromatic carbocycles. The lowest BCUT2D eigenvalue weighted by atomic mass is 9.71. The molecule has 508 valence electrons. The number of aryl methyl sites for hydroxylation is 2. The lowest BCUT2D eigenvalue weighted by Crippen LogP contribution is -2.38. The van der Waals surface area contributed by atoms with Gasteiger partial charge in [0.1, 0.15) is 0 Å². The van der Waals surface area contributed by atoms with E-state index in [1.165, 1.54) is 298 Å². The summed E-state index contributed by atoms with van der Waals surface area (Å²) in [5.41, 5.74) is 6.05. The lowest BCUT2D eigenvalue weighted by molar-refractivity contribution is 0.171. The van der Waals surface area contributed by atoms with Gasteiger partial charge in [0.15, 0.2) is 0 Å². The van der Waals surface area contributed by atoms with Crippen molar-refractivity contribution in [1.82, 2.24) is 26.6 Å². The molecule has 5 nitrogen and oxygen atoms in total. The molecule has 5 aliphatic heterocycles. The van der Waals surface area contributed by atoms with Crippen LogP contribution in [-0.2, 0) is 25.9 Å². The van der Waals surface area contributed by atoms with Crippen molar-refractivity contribution < 1.29 is 0 Å². The third-order valence-electron chi connectivity index (χ3n) is 28.2. The molecular formula is C85H143N5. The van der Waals surface area contributed by atoms with Crippen LogP contribution in [-0.4, -0.2) is 52.4 Å². The standard InChI is InChI=1S/C10H18.C9H17N.2C9H16.C9H10.2C8H15N.C8H9N.C8H14.C7H13N/c1-2-6-10-8-4-3-7-9(10)5-1;1-2-4-9-7-10-6-5-8(9)3-1;3*1-2-5-9-7-3-6-8(9)4-1;1-2-7-4-5-9-6-8(7)3-1;2*1-2-4-8-6-9-5-7(8)3-1;1-3-7-5-2-6-8(7)4-1;1-2-6-4-8-5-7(6)3-1/h9-10H,1-8H2;8-10H,1-7H2;2*8-9H,1-7H2;1-2,4-5H,3,6-7H2;2*7-9H,1-6H2;1-4,9H,5-6H2;7-8H,1-6H2;6-8H,1-5H2. The van der Waals surface area contributed by atoms with Crippen molar-refractivity contribution in [3.8, 4) is 0 Å². The number of piperidine rings is 2. The topological polar surface area (TPSA) is 60.1 Å². The van der Waals surface area contributed by atoms with Gasteiger partial charge in [0.2, 0.25) is 0 Å². The Morgan fingerprint density at radius 3 is 0.644 bits per heavy atom. The predicted octanol–water partition coefficient (Wildman–Crippen LogP) is 21.0. The molecule has 0 aromatic heterocycles. The summed E-state index contributed by atoms with van der Waals surface area (Å²) in [6, 6.07) is 17.3. The van der Waals surface area contributed by atoms with Gasteiger partial charge in [-0.3, -0.25) is 0 Å². The van der Waals surface area contributed by atoms with Gasteiger partial charge in [-0.05, 0) is 240 Å². The highest BCUT2D eigenvalue weighted by atomic mass is 14.9. The van der Waals surface area contributed by atoms with Crippen LogP contribution in [0.5, 0.6) is 0 Å². The first kappa shape index (κ1) is 69.6. The molecule has 0 amide bonds. The summed E-state index contributed by atoms with van der Waals surface area (Å²) in [6.45, 7) is 12.5. The Kier molecular flexibility index (Phi) is 30.5. The first-order valence-corrected chi connectivity index (χ1v) is 41.3. The van der Waals surface area contributed by atoms with Gasteiger partial charge in [-0.1, -0.05) is 280 Å². The highest BCUT2D eigenvalue weighted by Crippen LogP contribution is 2.45. The van der Waals surface area contributed by atoms with Gasteiger partial charge in [-0.15, -0.1) is 0 Å². The van der Waals surface area contributed by atoms with Crippen molar-refractivity contribution in [1.29, 1.82) is 0 Å². The summed E-state index contributed by atoms with van der Waals surface area (Å²) in [7, 11) is 0. The summed E-state index contributed by atoms with van der Waals surface area (Å²) in [5.74, 6) is 17.9. The Balaban J connectivity index is 0.000000103. The maximum absolute atomic E-state index is 3.48. The zero-order valence-electron chi connectivity index (χ0n) is 58.7. The second-order valence-corrected chi connectivity index (χ2v) is 33.8. The molecule has 16 fully saturated rings. The van der Waals surface area contributed by atoms with Crippen molar-refractivity contribution in [2.45, 2.75) is 315 Å². The maximum atomic E-state index is 3.48. The molecule has 90 heavy (non-hydrogen) atoms. The minimum Gasteiger partial charge on any atom is -0.316 e. The van der Waals surface area contributed by atoms with E-state index in [-0.39, 0.29) is 0 Å².